The van der Waals surface area contributed by atoms with Gasteiger partial charge in [0.15, 0.2) is 0 Å². The van der Waals surface area contributed by atoms with E-state index in [9.17, 15) is 13.2 Å². The number of amides is 1. The molecule has 1 amide bonds. The van der Waals surface area contributed by atoms with Crippen LogP contribution in [0.3, 0.4) is 0 Å². The van der Waals surface area contributed by atoms with Crippen LogP contribution in [0, 0.1) is 0 Å². The molecule has 1 unspecified atom stereocenters. The predicted octanol–water partition coefficient (Wildman–Crippen LogP) is 4.76. The number of rotatable bonds is 11. The average molecular weight is 511 g/mol. The SMILES string of the molecule is O=C(CN(CC1CCCO1)S(=O)(=O)/C=C/c1ccccc1)N(Cc1ccccc1)Cc1cccs1. The van der Waals surface area contributed by atoms with Gasteiger partial charge in [0.2, 0.25) is 15.9 Å². The first-order valence-corrected chi connectivity index (χ1v) is 14.1. The van der Waals surface area contributed by atoms with Gasteiger partial charge >= 0.3 is 0 Å². The van der Waals surface area contributed by atoms with Gasteiger partial charge in [-0.15, -0.1) is 11.3 Å². The number of carbonyl (C=O) groups is 1. The lowest BCUT2D eigenvalue weighted by atomic mass is 10.2. The van der Waals surface area contributed by atoms with Crippen LogP contribution in [0.5, 0.6) is 0 Å². The van der Waals surface area contributed by atoms with E-state index in [2.05, 4.69) is 0 Å². The van der Waals surface area contributed by atoms with Gasteiger partial charge in [0.25, 0.3) is 0 Å². The number of carbonyl (C=O) groups excluding carboxylic acids is 1. The molecule has 0 bridgehead atoms. The van der Waals surface area contributed by atoms with E-state index in [4.69, 9.17) is 4.74 Å². The highest BCUT2D eigenvalue weighted by molar-refractivity contribution is 7.92. The molecule has 1 saturated heterocycles. The topological polar surface area (TPSA) is 66.9 Å². The highest BCUT2D eigenvalue weighted by Crippen LogP contribution is 2.19. The fraction of sp³-hybridized carbons (Fsp3) is 0.296. The Morgan fingerprint density at radius 2 is 1.74 bits per heavy atom. The van der Waals surface area contributed by atoms with Crippen molar-refractivity contribution in [2.24, 2.45) is 0 Å². The van der Waals surface area contributed by atoms with E-state index in [0.717, 1.165) is 28.8 Å². The Balaban J connectivity index is 1.55. The molecule has 6 nitrogen and oxygen atoms in total. The molecular formula is C27H30N2O4S2. The van der Waals surface area contributed by atoms with E-state index in [1.165, 1.54) is 9.71 Å². The van der Waals surface area contributed by atoms with Gasteiger partial charge < -0.3 is 9.64 Å². The predicted molar refractivity (Wildman–Crippen MR) is 140 cm³/mol. The van der Waals surface area contributed by atoms with Crippen LogP contribution in [-0.4, -0.2) is 49.3 Å². The Morgan fingerprint density at radius 1 is 1.00 bits per heavy atom. The first kappa shape index (κ1) is 25.3. The second-order valence-electron chi connectivity index (χ2n) is 8.50. The summed E-state index contributed by atoms with van der Waals surface area (Å²) >= 11 is 1.58. The minimum absolute atomic E-state index is 0.158. The minimum Gasteiger partial charge on any atom is -0.377 e. The molecule has 0 spiro atoms. The summed E-state index contributed by atoms with van der Waals surface area (Å²) in [6.45, 7) is 1.38. The average Bonchev–Trinajstić information content (AvgIpc) is 3.58. The molecule has 0 N–H and O–H groups in total. The molecule has 35 heavy (non-hydrogen) atoms. The van der Waals surface area contributed by atoms with Gasteiger partial charge in [-0.2, -0.15) is 4.31 Å². The van der Waals surface area contributed by atoms with E-state index < -0.39 is 10.0 Å². The summed E-state index contributed by atoms with van der Waals surface area (Å²) in [6, 6.07) is 22.9. The van der Waals surface area contributed by atoms with Crippen LogP contribution in [0.4, 0.5) is 0 Å². The van der Waals surface area contributed by atoms with Crippen LogP contribution >= 0.6 is 11.3 Å². The summed E-state index contributed by atoms with van der Waals surface area (Å²) in [7, 11) is -3.84. The van der Waals surface area contributed by atoms with E-state index in [0.29, 0.717) is 19.7 Å². The van der Waals surface area contributed by atoms with Crippen LogP contribution in [0.2, 0.25) is 0 Å². The zero-order chi connectivity index (χ0) is 24.5. The smallest absolute Gasteiger partial charge is 0.238 e. The van der Waals surface area contributed by atoms with Crippen LogP contribution in [0.25, 0.3) is 6.08 Å². The standard InChI is InChI=1S/C27H30N2O4S2/c30-27(28(21-26-14-8-17-34-26)19-24-11-5-2-6-12-24)22-29(20-25-13-7-16-33-25)35(31,32)18-15-23-9-3-1-4-10-23/h1-6,8-12,14-15,17-18,25H,7,13,16,19-22H2/b18-15+. The Morgan fingerprint density at radius 3 is 2.40 bits per heavy atom. The zero-order valence-corrected chi connectivity index (χ0v) is 21.2. The maximum atomic E-state index is 13.5. The Bertz CT molecular complexity index is 1190. The van der Waals surface area contributed by atoms with Crippen LogP contribution < -0.4 is 0 Å². The molecule has 1 fully saturated rings. The molecule has 1 aliphatic heterocycles. The van der Waals surface area contributed by atoms with Crippen molar-refractivity contribution in [2.45, 2.75) is 32.0 Å². The van der Waals surface area contributed by atoms with Crippen molar-refractivity contribution in [3.63, 3.8) is 0 Å². The minimum atomic E-state index is -3.84. The fourth-order valence-corrected chi connectivity index (χ4v) is 5.85. The van der Waals surface area contributed by atoms with Crippen molar-refractivity contribution in [1.29, 1.82) is 0 Å². The molecule has 2 aromatic carbocycles. The van der Waals surface area contributed by atoms with E-state index >= 15 is 0 Å². The fourth-order valence-electron chi connectivity index (χ4n) is 3.97. The Kier molecular flexibility index (Phi) is 8.87. The van der Waals surface area contributed by atoms with E-state index in [1.54, 1.807) is 22.3 Å². The van der Waals surface area contributed by atoms with Gasteiger partial charge in [-0.1, -0.05) is 66.7 Å². The molecular weight excluding hydrogens is 480 g/mol. The quantitative estimate of drug-likeness (QED) is 0.373. The zero-order valence-electron chi connectivity index (χ0n) is 19.5. The third kappa shape index (κ3) is 7.60. The number of sulfonamides is 1. The van der Waals surface area contributed by atoms with Crippen molar-refractivity contribution in [3.8, 4) is 0 Å². The number of benzene rings is 2. The lowest BCUT2D eigenvalue weighted by Crippen LogP contribution is -2.44. The monoisotopic (exact) mass is 510 g/mol. The third-order valence-electron chi connectivity index (χ3n) is 5.83. The van der Waals surface area contributed by atoms with E-state index in [-0.39, 0.29) is 25.1 Å². The molecule has 1 aromatic heterocycles. The largest absolute Gasteiger partial charge is 0.377 e. The Labute approximate surface area is 211 Å². The van der Waals surface area contributed by atoms with Crippen LogP contribution in [0.15, 0.2) is 83.6 Å². The van der Waals surface area contributed by atoms with Crippen molar-refractivity contribution < 1.29 is 17.9 Å². The first-order chi connectivity index (χ1) is 17.0. The molecule has 1 aliphatic rings. The molecule has 0 saturated carbocycles. The molecule has 3 aromatic rings. The Hall–Kier alpha value is -2.78. The summed E-state index contributed by atoms with van der Waals surface area (Å²) in [5.41, 5.74) is 1.78. The number of thiophene rings is 1. The maximum absolute atomic E-state index is 13.5. The van der Waals surface area contributed by atoms with Gasteiger partial charge in [0.05, 0.1) is 19.2 Å². The molecule has 184 valence electrons. The lowest BCUT2D eigenvalue weighted by molar-refractivity contribution is -0.132. The van der Waals surface area contributed by atoms with Gasteiger partial charge in [0, 0.05) is 30.0 Å². The molecule has 4 rings (SSSR count). The summed E-state index contributed by atoms with van der Waals surface area (Å²) in [4.78, 5) is 16.3. The van der Waals surface area contributed by atoms with Gasteiger partial charge in [-0.3, -0.25) is 4.79 Å². The molecule has 0 radical (unpaired) electrons. The highest BCUT2D eigenvalue weighted by atomic mass is 32.2. The third-order valence-corrected chi connectivity index (χ3v) is 8.17. The second-order valence-corrected chi connectivity index (χ2v) is 11.4. The van der Waals surface area contributed by atoms with E-state index in [1.807, 2.05) is 78.2 Å². The normalized spacial score (nSPS) is 16.2. The number of hydrogen-bond acceptors (Lipinski definition) is 5. The number of ether oxygens (including phenoxy) is 1. The molecule has 8 heteroatoms. The van der Waals surface area contributed by atoms with Crippen molar-refractivity contribution in [1.82, 2.24) is 9.21 Å². The molecule has 1 atom stereocenters. The lowest BCUT2D eigenvalue weighted by Gasteiger charge is -2.27. The summed E-state index contributed by atoms with van der Waals surface area (Å²) in [6.07, 6.45) is 3.04. The highest BCUT2D eigenvalue weighted by Gasteiger charge is 2.29. The summed E-state index contributed by atoms with van der Waals surface area (Å²) < 4.78 is 33.7. The van der Waals surface area contributed by atoms with Gasteiger partial charge in [-0.05, 0) is 41.5 Å². The summed E-state index contributed by atoms with van der Waals surface area (Å²) in [5, 5.41) is 3.16. The van der Waals surface area contributed by atoms with Gasteiger partial charge in [0.1, 0.15) is 0 Å². The molecule has 0 aliphatic carbocycles. The first-order valence-electron chi connectivity index (χ1n) is 11.7. The van der Waals surface area contributed by atoms with Crippen LogP contribution in [0.1, 0.15) is 28.8 Å². The number of hydrogen-bond donors (Lipinski definition) is 0. The second kappa shape index (κ2) is 12.3. The molecule has 2 heterocycles. The van der Waals surface area contributed by atoms with Crippen molar-refractivity contribution in [3.05, 3.63) is 99.6 Å². The maximum Gasteiger partial charge on any atom is 0.238 e. The van der Waals surface area contributed by atoms with Crippen molar-refractivity contribution >= 4 is 33.3 Å². The van der Waals surface area contributed by atoms with Crippen molar-refractivity contribution in [2.75, 3.05) is 19.7 Å². The summed E-state index contributed by atoms with van der Waals surface area (Å²) in [5.74, 6) is -0.239. The van der Waals surface area contributed by atoms with Gasteiger partial charge in [-0.25, -0.2) is 8.42 Å². The van der Waals surface area contributed by atoms with Crippen LogP contribution in [-0.2, 0) is 32.6 Å². The number of nitrogens with zero attached hydrogens (tertiary/aromatic N) is 2.